The zero-order chi connectivity index (χ0) is 20.3. The lowest BCUT2D eigenvalue weighted by Crippen LogP contribution is -2.30. The summed E-state index contributed by atoms with van der Waals surface area (Å²) in [7, 11) is 0. The number of hydrogen-bond donors (Lipinski definition) is 2. The molecule has 7 heteroatoms. The van der Waals surface area contributed by atoms with Crippen LogP contribution in [0.4, 0.5) is 0 Å². The first-order chi connectivity index (χ1) is 14.8. The SMILES string of the molecule is O/N=c1\cc(-c2cc3cccn3cn2)oc2ccc(OCCNC3CCCC3)cc12. The van der Waals surface area contributed by atoms with Crippen LogP contribution in [0.2, 0.25) is 0 Å². The Morgan fingerprint density at radius 3 is 2.97 bits per heavy atom. The number of benzene rings is 1. The van der Waals surface area contributed by atoms with Crippen LogP contribution in [0.25, 0.3) is 27.9 Å². The van der Waals surface area contributed by atoms with Gasteiger partial charge in [-0.25, -0.2) is 4.98 Å². The van der Waals surface area contributed by atoms with Crippen molar-refractivity contribution < 1.29 is 14.4 Å². The van der Waals surface area contributed by atoms with Crippen LogP contribution in [0.3, 0.4) is 0 Å². The second kappa shape index (κ2) is 8.20. The minimum absolute atomic E-state index is 0.415. The van der Waals surface area contributed by atoms with Crippen molar-refractivity contribution in [2.24, 2.45) is 5.16 Å². The third-order valence-electron chi connectivity index (χ3n) is 5.65. The largest absolute Gasteiger partial charge is 0.492 e. The van der Waals surface area contributed by atoms with Crippen molar-refractivity contribution in [1.29, 1.82) is 0 Å². The number of nitrogens with one attached hydrogen (secondary N) is 1. The van der Waals surface area contributed by atoms with Gasteiger partial charge in [0.25, 0.3) is 0 Å². The Balaban J connectivity index is 1.38. The lowest BCUT2D eigenvalue weighted by molar-refractivity contribution is 0.301. The summed E-state index contributed by atoms with van der Waals surface area (Å²) < 4.78 is 13.9. The Morgan fingerprint density at radius 2 is 2.10 bits per heavy atom. The lowest BCUT2D eigenvalue weighted by atomic mass is 10.2. The molecule has 0 aliphatic heterocycles. The molecule has 7 nitrogen and oxygen atoms in total. The first-order valence-electron chi connectivity index (χ1n) is 10.4. The smallest absolute Gasteiger partial charge is 0.155 e. The molecule has 1 aliphatic carbocycles. The summed E-state index contributed by atoms with van der Waals surface area (Å²) in [6.07, 6.45) is 8.81. The molecule has 0 saturated heterocycles. The standard InChI is InChI=1S/C23H24N4O3/c28-26-20-14-23(21-12-17-6-3-10-27(17)15-25-21)30-22-8-7-18(13-19(20)22)29-11-9-24-16-4-1-2-5-16/h3,6-8,10,12-16,24,28H,1-2,4-5,9,11H2/b26-20+. The molecule has 4 aromatic rings. The average molecular weight is 404 g/mol. The quantitative estimate of drug-likeness (QED) is 0.289. The number of ether oxygens (including phenoxy) is 1. The third-order valence-corrected chi connectivity index (χ3v) is 5.65. The monoisotopic (exact) mass is 404 g/mol. The van der Waals surface area contributed by atoms with Crippen molar-refractivity contribution in [1.82, 2.24) is 14.7 Å². The van der Waals surface area contributed by atoms with E-state index in [0.717, 1.165) is 17.8 Å². The van der Waals surface area contributed by atoms with E-state index in [9.17, 15) is 5.21 Å². The normalized spacial score (nSPS) is 15.4. The third kappa shape index (κ3) is 3.76. The second-order valence-corrected chi connectivity index (χ2v) is 7.65. The van der Waals surface area contributed by atoms with Crippen molar-refractivity contribution in [3.05, 3.63) is 60.3 Å². The van der Waals surface area contributed by atoms with Crippen LogP contribution in [-0.2, 0) is 0 Å². The molecule has 30 heavy (non-hydrogen) atoms. The van der Waals surface area contributed by atoms with Crippen LogP contribution in [0.15, 0.2) is 64.6 Å². The maximum absolute atomic E-state index is 9.58. The molecule has 1 saturated carbocycles. The summed E-state index contributed by atoms with van der Waals surface area (Å²) in [5.41, 5.74) is 2.29. The number of fused-ring (bicyclic) bond motifs is 2. The molecule has 1 aromatic carbocycles. The minimum atomic E-state index is 0.415. The van der Waals surface area contributed by atoms with E-state index in [4.69, 9.17) is 9.15 Å². The van der Waals surface area contributed by atoms with E-state index in [1.54, 1.807) is 12.4 Å². The summed E-state index contributed by atoms with van der Waals surface area (Å²) in [6.45, 7) is 1.40. The van der Waals surface area contributed by atoms with Gasteiger partial charge in [-0.05, 0) is 49.2 Å². The molecule has 2 N–H and O–H groups in total. The van der Waals surface area contributed by atoms with Crippen LogP contribution in [0, 0.1) is 0 Å². The number of hydrogen-bond acceptors (Lipinski definition) is 6. The van der Waals surface area contributed by atoms with Crippen molar-refractivity contribution in [2.75, 3.05) is 13.2 Å². The highest BCUT2D eigenvalue weighted by atomic mass is 16.5. The number of aromatic nitrogens is 2. The Kier molecular flexibility index (Phi) is 5.11. The molecule has 0 bridgehead atoms. The minimum Gasteiger partial charge on any atom is -0.492 e. The van der Waals surface area contributed by atoms with Crippen molar-refractivity contribution in [3.63, 3.8) is 0 Å². The summed E-state index contributed by atoms with van der Waals surface area (Å²) in [6, 6.07) is 13.8. The molecular weight excluding hydrogens is 380 g/mol. The van der Waals surface area contributed by atoms with Crippen molar-refractivity contribution >= 4 is 16.5 Å². The fourth-order valence-electron chi connectivity index (χ4n) is 4.08. The second-order valence-electron chi connectivity index (χ2n) is 7.65. The zero-order valence-corrected chi connectivity index (χ0v) is 16.6. The average Bonchev–Trinajstić information content (AvgIpc) is 3.47. The van der Waals surface area contributed by atoms with Gasteiger partial charge in [0.1, 0.15) is 29.0 Å². The lowest BCUT2D eigenvalue weighted by Gasteiger charge is -2.12. The van der Waals surface area contributed by atoms with Gasteiger partial charge in [0.05, 0.1) is 11.7 Å². The highest BCUT2D eigenvalue weighted by Gasteiger charge is 2.13. The molecule has 3 aromatic heterocycles. The first kappa shape index (κ1) is 18.7. The van der Waals surface area contributed by atoms with Crippen molar-refractivity contribution in [3.8, 4) is 17.2 Å². The van der Waals surface area contributed by atoms with Crippen LogP contribution in [0.5, 0.6) is 5.75 Å². The van der Waals surface area contributed by atoms with E-state index in [0.29, 0.717) is 40.4 Å². The Morgan fingerprint density at radius 1 is 1.20 bits per heavy atom. The molecule has 0 atom stereocenters. The van der Waals surface area contributed by atoms with Crippen molar-refractivity contribution in [2.45, 2.75) is 31.7 Å². The van der Waals surface area contributed by atoms with Gasteiger partial charge in [-0.1, -0.05) is 18.0 Å². The van der Waals surface area contributed by atoms with Gasteiger partial charge in [0.2, 0.25) is 0 Å². The van der Waals surface area contributed by atoms with E-state index in [1.807, 2.05) is 47.0 Å². The van der Waals surface area contributed by atoms with Gasteiger partial charge >= 0.3 is 0 Å². The molecule has 0 unspecified atom stereocenters. The Labute approximate surface area is 173 Å². The number of rotatable bonds is 6. The highest BCUT2D eigenvalue weighted by Crippen LogP contribution is 2.24. The molecule has 5 rings (SSSR count). The molecule has 0 spiro atoms. The maximum Gasteiger partial charge on any atom is 0.155 e. The maximum atomic E-state index is 9.58. The fourth-order valence-corrected chi connectivity index (χ4v) is 4.08. The van der Waals surface area contributed by atoms with Crippen LogP contribution in [-0.4, -0.2) is 33.8 Å². The highest BCUT2D eigenvalue weighted by molar-refractivity contribution is 5.80. The van der Waals surface area contributed by atoms with E-state index < -0.39 is 0 Å². The van der Waals surface area contributed by atoms with Gasteiger partial charge in [0.15, 0.2) is 5.76 Å². The van der Waals surface area contributed by atoms with Gasteiger partial charge in [-0.15, -0.1) is 0 Å². The van der Waals surface area contributed by atoms with Gasteiger partial charge in [-0.3, -0.25) is 0 Å². The summed E-state index contributed by atoms with van der Waals surface area (Å²) in [5.74, 6) is 1.25. The predicted octanol–water partition coefficient (Wildman–Crippen LogP) is 3.95. The number of nitrogens with zero attached hydrogens (tertiary/aromatic N) is 3. The molecule has 0 radical (unpaired) electrons. The van der Waals surface area contributed by atoms with E-state index in [-0.39, 0.29) is 0 Å². The van der Waals surface area contributed by atoms with Crippen LogP contribution >= 0.6 is 0 Å². The zero-order valence-electron chi connectivity index (χ0n) is 16.6. The molecular formula is C23H24N4O3. The van der Waals surface area contributed by atoms with Gasteiger partial charge in [-0.2, -0.15) is 0 Å². The molecule has 1 fully saturated rings. The Bertz CT molecular complexity index is 1240. The van der Waals surface area contributed by atoms with Gasteiger partial charge < -0.3 is 24.1 Å². The van der Waals surface area contributed by atoms with E-state index >= 15 is 0 Å². The Hall–Kier alpha value is -3.32. The van der Waals surface area contributed by atoms with Crippen LogP contribution in [0.1, 0.15) is 25.7 Å². The summed E-state index contributed by atoms with van der Waals surface area (Å²) in [5, 5.41) is 17.7. The fraction of sp³-hybridized carbons (Fsp3) is 0.304. The topological polar surface area (TPSA) is 84.3 Å². The molecule has 0 amide bonds. The van der Waals surface area contributed by atoms with E-state index in [1.165, 1.54) is 25.7 Å². The molecule has 1 aliphatic rings. The predicted molar refractivity (Wildman–Crippen MR) is 114 cm³/mol. The summed E-state index contributed by atoms with van der Waals surface area (Å²) >= 11 is 0. The van der Waals surface area contributed by atoms with Gasteiger partial charge in [0, 0.05) is 30.4 Å². The molecule has 154 valence electrons. The van der Waals surface area contributed by atoms with E-state index in [2.05, 4.69) is 15.5 Å². The first-order valence-corrected chi connectivity index (χ1v) is 10.4. The summed E-state index contributed by atoms with van der Waals surface area (Å²) in [4.78, 5) is 4.45. The molecule has 3 heterocycles. The van der Waals surface area contributed by atoms with Crippen LogP contribution < -0.4 is 15.4 Å².